The summed E-state index contributed by atoms with van der Waals surface area (Å²) in [5.74, 6) is 0.727. The smallest absolute Gasteiger partial charge is 0.225 e. The van der Waals surface area contributed by atoms with Gasteiger partial charge in [-0.2, -0.15) is 4.98 Å². The molecular formula is C22H24FN5O. The summed E-state index contributed by atoms with van der Waals surface area (Å²) in [7, 11) is 0. The van der Waals surface area contributed by atoms with Crippen LogP contribution in [-0.4, -0.2) is 54.3 Å². The van der Waals surface area contributed by atoms with Crippen molar-refractivity contribution < 1.29 is 9.13 Å². The second-order valence-electron chi connectivity index (χ2n) is 6.81. The Bertz CT molecular complexity index is 931. The number of nitrogens with zero attached hydrogens (tertiary/aromatic N) is 3. The van der Waals surface area contributed by atoms with E-state index in [1.54, 1.807) is 18.2 Å². The number of benzene rings is 2. The van der Waals surface area contributed by atoms with Crippen molar-refractivity contribution in [1.29, 1.82) is 0 Å². The van der Waals surface area contributed by atoms with Gasteiger partial charge in [-0.15, -0.1) is 0 Å². The van der Waals surface area contributed by atoms with Crippen molar-refractivity contribution in [2.75, 3.05) is 50.0 Å². The summed E-state index contributed by atoms with van der Waals surface area (Å²) in [4.78, 5) is 11.5. The number of morpholine rings is 1. The van der Waals surface area contributed by atoms with Gasteiger partial charge >= 0.3 is 0 Å². The fourth-order valence-corrected chi connectivity index (χ4v) is 3.20. The Balaban J connectivity index is 1.53. The molecule has 0 atom stereocenters. The lowest BCUT2D eigenvalue weighted by Crippen LogP contribution is -2.39. The van der Waals surface area contributed by atoms with Gasteiger partial charge in [-0.05, 0) is 12.1 Å². The van der Waals surface area contributed by atoms with Crippen molar-refractivity contribution in [3.05, 3.63) is 66.5 Å². The van der Waals surface area contributed by atoms with Crippen LogP contribution in [-0.2, 0) is 4.74 Å². The quantitative estimate of drug-likeness (QED) is 0.637. The first kappa shape index (κ1) is 19.3. The number of para-hydroxylation sites is 1. The van der Waals surface area contributed by atoms with Gasteiger partial charge in [0.05, 0.1) is 24.6 Å². The molecule has 1 aromatic heterocycles. The van der Waals surface area contributed by atoms with Gasteiger partial charge in [0.15, 0.2) is 0 Å². The molecule has 2 N–H and O–H groups in total. The number of hydrogen-bond donors (Lipinski definition) is 2. The van der Waals surface area contributed by atoms with E-state index in [0.29, 0.717) is 17.5 Å². The van der Waals surface area contributed by atoms with Crippen LogP contribution < -0.4 is 10.6 Å². The van der Waals surface area contributed by atoms with Gasteiger partial charge in [0.1, 0.15) is 11.6 Å². The fraction of sp³-hybridized carbons (Fsp3) is 0.273. The zero-order chi connectivity index (χ0) is 19.9. The fourth-order valence-electron chi connectivity index (χ4n) is 3.20. The minimum atomic E-state index is -0.325. The number of ether oxygens (including phenoxy) is 1. The predicted molar refractivity (Wildman–Crippen MR) is 113 cm³/mol. The van der Waals surface area contributed by atoms with Crippen molar-refractivity contribution >= 4 is 17.5 Å². The maximum atomic E-state index is 14.1. The normalized spacial score (nSPS) is 14.5. The number of halogens is 1. The molecular weight excluding hydrogens is 369 g/mol. The van der Waals surface area contributed by atoms with Crippen LogP contribution in [0.3, 0.4) is 0 Å². The van der Waals surface area contributed by atoms with Gasteiger partial charge in [0.25, 0.3) is 0 Å². The third-order valence-corrected chi connectivity index (χ3v) is 4.75. The van der Waals surface area contributed by atoms with E-state index in [0.717, 1.165) is 50.7 Å². The van der Waals surface area contributed by atoms with Gasteiger partial charge in [0.2, 0.25) is 5.95 Å². The number of nitrogens with one attached hydrogen (secondary N) is 2. The molecule has 1 aliphatic rings. The van der Waals surface area contributed by atoms with Crippen molar-refractivity contribution in [1.82, 2.24) is 14.9 Å². The molecule has 1 aliphatic heterocycles. The van der Waals surface area contributed by atoms with E-state index < -0.39 is 0 Å². The van der Waals surface area contributed by atoms with E-state index in [4.69, 9.17) is 4.74 Å². The maximum absolute atomic E-state index is 14.1. The van der Waals surface area contributed by atoms with Crippen LogP contribution in [0.15, 0.2) is 60.7 Å². The van der Waals surface area contributed by atoms with Gasteiger partial charge < -0.3 is 15.4 Å². The summed E-state index contributed by atoms with van der Waals surface area (Å²) in [6.07, 6.45) is 0. The Morgan fingerprint density at radius 1 is 0.966 bits per heavy atom. The van der Waals surface area contributed by atoms with E-state index in [9.17, 15) is 4.39 Å². The second kappa shape index (κ2) is 9.45. The minimum absolute atomic E-state index is 0.325. The van der Waals surface area contributed by atoms with E-state index in [-0.39, 0.29) is 5.82 Å². The highest BCUT2D eigenvalue weighted by Crippen LogP contribution is 2.24. The van der Waals surface area contributed by atoms with E-state index in [2.05, 4.69) is 25.5 Å². The lowest BCUT2D eigenvalue weighted by Gasteiger charge is -2.26. The van der Waals surface area contributed by atoms with Crippen LogP contribution in [0.2, 0.25) is 0 Å². The standard InChI is InChI=1S/C22H24FN5O/c23-18-8-4-5-9-19(18)25-21-16-20(17-6-2-1-3-7-17)26-22(27-21)24-10-11-28-12-14-29-15-13-28/h1-9,16H,10-15H2,(H2,24,25,26,27). The highest BCUT2D eigenvalue weighted by molar-refractivity contribution is 5.67. The van der Waals surface area contributed by atoms with Crippen molar-refractivity contribution in [2.24, 2.45) is 0 Å². The topological polar surface area (TPSA) is 62.3 Å². The number of rotatable bonds is 7. The summed E-state index contributed by atoms with van der Waals surface area (Å²) >= 11 is 0. The lowest BCUT2D eigenvalue weighted by molar-refractivity contribution is 0.0398. The summed E-state index contributed by atoms with van der Waals surface area (Å²) in [6, 6.07) is 18.3. The van der Waals surface area contributed by atoms with Crippen LogP contribution in [0.4, 0.5) is 21.8 Å². The van der Waals surface area contributed by atoms with Crippen LogP contribution in [0.1, 0.15) is 0 Å². The molecule has 1 saturated heterocycles. The van der Waals surface area contributed by atoms with Crippen LogP contribution >= 0.6 is 0 Å². The largest absolute Gasteiger partial charge is 0.379 e. The zero-order valence-electron chi connectivity index (χ0n) is 16.1. The van der Waals surface area contributed by atoms with Crippen molar-refractivity contribution in [3.8, 4) is 11.3 Å². The van der Waals surface area contributed by atoms with E-state index >= 15 is 0 Å². The molecule has 0 saturated carbocycles. The maximum Gasteiger partial charge on any atom is 0.225 e. The molecule has 1 fully saturated rings. The first-order chi connectivity index (χ1) is 14.3. The Hall–Kier alpha value is -3.03. The zero-order valence-corrected chi connectivity index (χ0v) is 16.1. The molecule has 150 valence electrons. The Morgan fingerprint density at radius 2 is 1.72 bits per heavy atom. The summed E-state index contributed by atoms with van der Waals surface area (Å²) < 4.78 is 19.5. The molecule has 6 nitrogen and oxygen atoms in total. The summed E-state index contributed by atoms with van der Waals surface area (Å²) in [5.41, 5.74) is 2.13. The van der Waals surface area contributed by atoms with Crippen LogP contribution in [0.5, 0.6) is 0 Å². The highest BCUT2D eigenvalue weighted by atomic mass is 19.1. The molecule has 3 aromatic rings. The highest BCUT2D eigenvalue weighted by Gasteiger charge is 2.11. The van der Waals surface area contributed by atoms with E-state index in [1.807, 2.05) is 36.4 Å². The SMILES string of the molecule is Fc1ccccc1Nc1cc(-c2ccccc2)nc(NCCN2CCOCC2)n1. The van der Waals surface area contributed by atoms with E-state index in [1.165, 1.54) is 6.07 Å². The number of aromatic nitrogens is 2. The molecule has 0 unspecified atom stereocenters. The predicted octanol–water partition coefficient (Wildman–Crippen LogP) is 3.77. The Labute approximate surface area is 169 Å². The summed E-state index contributed by atoms with van der Waals surface area (Å²) in [5, 5.41) is 6.37. The van der Waals surface area contributed by atoms with Gasteiger partial charge in [-0.1, -0.05) is 42.5 Å². The van der Waals surface area contributed by atoms with Gasteiger partial charge in [-0.3, -0.25) is 4.90 Å². The molecule has 2 heterocycles. The molecule has 0 radical (unpaired) electrons. The lowest BCUT2D eigenvalue weighted by atomic mass is 10.1. The van der Waals surface area contributed by atoms with Gasteiger partial charge in [-0.25, -0.2) is 9.37 Å². The number of anilines is 3. The Morgan fingerprint density at radius 3 is 2.52 bits per heavy atom. The molecule has 0 spiro atoms. The van der Waals surface area contributed by atoms with Crippen LogP contribution in [0.25, 0.3) is 11.3 Å². The molecule has 7 heteroatoms. The third kappa shape index (κ3) is 5.28. The monoisotopic (exact) mass is 393 g/mol. The van der Waals surface area contributed by atoms with Crippen LogP contribution in [0, 0.1) is 5.82 Å². The summed E-state index contributed by atoms with van der Waals surface area (Å²) in [6.45, 7) is 5.03. The first-order valence-electron chi connectivity index (χ1n) is 9.78. The third-order valence-electron chi connectivity index (χ3n) is 4.75. The number of hydrogen-bond acceptors (Lipinski definition) is 6. The molecule has 0 amide bonds. The first-order valence-corrected chi connectivity index (χ1v) is 9.78. The Kier molecular flexibility index (Phi) is 6.29. The second-order valence-corrected chi connectivity index (χ2v) is 6.81. The van der Waals surface area contributed by atoms with Crippen molar-refractivity contribution in [3.63, 3.8) is 0 Å². The van der Waals surface area contributed by atoms with Gasteiger partial charge in [0, 0.05) is 37.8 Å². The molecule has 0 aliphatic carbocycles. The average molecular weight is 393 g/mol. The average Bonchev–Trinajstić information content (AvgIpc) is 2.77. The van der Waals surface area contributed by atoms with Crippen molar-refractivity contribution in [2.45, 2.75) is 0 Å². The molecule has 2 aromatic carbocycles. The molecule has 4 rings (SSSR count). The minimum Gasteiger partial charge on any atom is -0.379 e. The molecule has 0 bridgehead atoms. The molecule has 29 heavy (non-hydrogen) atoms.